The van der Waals surface area contributed by atoms with Gasteiger partial charge in [0.15, 0.2) is 0 Å². The van der Waals surface area contributed by atoms with E-state index in [1.165, 1.54) is 50.0 Å². The molecule has 2 aliphatic rings. The number of nitrogens with one attached hydrogen (secondary N) is 1. The fourth-order valence-electron chi connectivity index (χ4n) is 3.15. The molecular weight excluding hydrogens is 236 g/mol. The number of hydrogen-bond donors (Lipinski definition) is 1. The molecule has 1 aromatic rings. The molecule has 1 unspecified atom stereocenters. The summed E-state index contributed by atoms with van der Waals surface area (Å²) in [5.41, 5.74) is 2.69. The summed E-state index contributed by atoms with van der Waals surface area (Å²) >= 11 is 0. The smallest absolute Gasteiger partial charge is 0.121 e. The number of aryl methyl sites for hydroxylation is 1. The largest absolute Gasteiger partial charge is 0.493 e. The molecule has 1 aromatic carbocycles. The van der Waals surface area contributed by atoms with Gasteiger partial charge in [0.2, 0.25) is 0 Å². The van der Waals surface area contributed by atoms with Gasteiger partial charge in [0, 0.05) is 30.8 Å². The van der Waals surface area contributed by atoms with Crippen LogP contribution in [0.25, 0.3) is 0 Å². The molecule has 3 heteroatoms. The van der Waals surface area contributed by atoms with Crippen molar-refractivity contribution in [1.29, 1.82) is 0 Å². The molecule has 0 bridgehead atoms. The number of fused-ring (bicyclic) bond motifs is 1. The molecule has 0 aromatic heterocycles. The minimum atomic E-state index is 0.683. The lowest BCUT2D eigenvalue weighted by Gasteiger charge is -2.29. The number of ether oxygens (including phenoxy) is 1. The fourth-order valence-corrected chi connectivity index (χ4v) is 3.15. The van der Waals surface area contributed by atoms with Crippen molar-refractivity contribution >= 4 is 5.69 Å². The number of likely N-dealkylation sites (tertiary alicyclic amines) is 1. The van der Waals surface area contributed by atoms with E-state index >= 15 is 0 Å². The first kappa shape index (κ1) is 12.8. The zero-order chi connectivity index (χ0) is 13.1. The number of hydrogen-bond acceptors (Lipinski definition) is 3. The molecule has 1 saturated heterocycles. The van der Waals surface area contributed by atoms with E-state index in [9.17, 15) is 0 Å². The second kappa shape index (κ2) is 5.83. The molecule has 0 radical (unpaired) electrons. The maximum atomic E-state index is 5.99. The summed E-state index contributed by atoms with van der Waals surface area (Å²) < 4.78 is 5.99. The van der Waals surface area contributed by atoms with Crippen LogP contribution in [-0.2, 0) is 6.42 Å². The third-order valence-electron chi connectivity index (χ3n) is 4.23. The summed E-state index contributed by atoms with van der Waals surface area (Å²) in [4.78, 5) is 2.41. The highest BCUT2D eigenvalue weighted by Gasteiger charge is 2.18. The molecule has 104 valence electrons. The summed E-state index contributed by atoms with van der Waals surface area (Å²) in [7, 11) is 2.20. The van der Waals surface area contributed by atoms with E-state index in [1.807, 2.05) is 0 Å². The Kier molecular flexibility index (Phi) is 3.92. The van der Waals surface area contributed by atoms with Gasteiger partial charge in [-0.2, -0.15) is 0 Å². The van der Waals surface area contributed by atoms with Crippen LogP contribution >= 0.6 is 0 Å². The van der Waals surface area contributed by atoms with Crippen LogP contribution in [0.5, 0.6) is 5.75 Å². The van der Waals surface area contributed by atoms with Crippen LogP contribution in [0.2, 0.25) is 0 Å². The van der Waals surface area contributed by atoms with Crippen LogP contribution < -0.4 is 10.1 Å². The van der Waals surface area contributed by atoms with Gasteiger partial charge in [0.1, 0.15) is 5.75 Å². The summed E-state index contributed by atoms with van der Waals surface area (Å²) in [6.45, 7) is 4.34. The number of anilines is 1. The second-order valence-electron chi connectivity index (χ2n) is 5.93. The fraction of sp³-hybridized carbons (Fsp3) is 0.625. The van der Waals surface area contributed by atoms with E-state index in [1.54, 1.807) is 0 Å². The Hall–Kier alpha value is -1.22. The SMILES string of the molecule is CN1CCCC(COc2ccc3c(c2)NCCC3)C1. The van der Waals surface area contributed by atoms with Crippen molar-refractivity contribution in [1.82, 2.24) is 4.90 Å². The van der Waals surface area contributed by atoms with E-state index in [-0.39, 0.29) is 0 Å². The first-order valence-corrected chi connectivity index (χ1v) is 7.49. The van der Waals surface area contributed by atoms with E-state index in [4.69, 9.17) is 4.74 Å². The first-order chi connectivity index (χ1) is 9.31. The minimum absolute atomic E-state index is 0.683. The van der Waals surface area contributed by atoms with Gasteiger partial charge in [-0.15, -0.1) is 0 Å². The number of nitrogens with zero attached hydrogens (tertiary/aromatic N) is 1. The standard InChI is InChI=1S/C16H24N2O/c1-18-9-3-4-13(11-18)12-19-15-7-6-14-5-2-8-17-16(14)10-15/h6-7,10,13,17H,2-5,8-9,11-12H2,1H3. The molecule has 19 heavy (non-hydrogen) atoms. The topological polar surface area (TPSA) is 24.5 Å². The summed E-state index contributed by atoms with van der Waals surface area (Å²) in [6.07, 6.45) is 5.03. The lowest BCUT2D eigenvalue weighted by molar-refractivity contribution is 0.150. The van der Waals surface area contributed by atoms with E-state index in [0.29, 0.717) is 5.92 Å². The third-order valence-corrected chi connectivity index (χ3v) is 4.23. The second-order valence-corrected chi connectivity index (χ2v) is 5.93. The van der Waals surface area contributed by atoms with Crippen molar-refractivity contribution in [2.24, 2.45) is 5.92 Å². The Labute approximate surface area is 115 Å². The summed E-state index contributed by atoms with van der Waals surface area (Å²) in [5, 5.41) is 3.46. The maximum Gasteiger partial charge on any atom is 0.121 e. The minimum Gasteiger partial charge on any atom is -0.493 e. The zero-order valence-electron chi connectivity index (χ0n) is 11.8. The average Bonchev–Trinajstić information content (AvgIpc) is 2.45. The predicted octanol–water partition coefficient (Wildman–Crippen LogP) is 2.77. The molecule has 0 aliphatic carbocycles. The van der Waals surface area contributed by atoms with E-state index < -0.39 is 0 Å². The van der Waals surface area contributed by atoms with Crippen LogP contribution in [-0.4, -0.2) is 38.2 Å². The molecule has 1 atom stereocenters. The van der Waals surface area contributed by atoms with Crippen LogP contribution in [0.3, 0.4) is 0 Å². The average molecular weight is 260 g/mol. The molecule has 1 fully saturated rings. The van der Waals surface area contributed by atoms with Crippen LogP contribution in [0.1, 0.15) is 24.8 Å². The highest BCUT2D eigenvalue weighted by molar-refractivity contribution is 5.56. The van der Waals surface area contributed by atoms with Crippen molar-refractivity contribution in [3.05, 3.63) is 23.8 Å². The number of rotatable bonds is 3. The molecule has 1 N–H and O–H groups in total. The van der Waals surface area contributed by atoms with Crippen molar-refractivity contribution in [3.8, 4) is 5.75 Å². The maximum absolute atomic E-state index is 5.99. The van der Waals surface area contributed by atoms with Crippen molar-refractivity contribution in [2.75, 3.05) is 38.6 Å². The molecule has 2 heterocycles. The molecule has 3 nitrogen and oxygen atoms in total. The first-order valence-electron chi connectivity index (χ1n) is 7.49. The van der Waals surface area contributed by atoms with Gasteiger partial charge in [-0.1, -0.05) is 6.07 Å². The van der Waals surface area contributed by atoms with Gasteiger partial charge < -0.3 is 15.0 Å². The third kappa shape index (κ3) is 3.21. The molecule has 0 saturated carbocycles. The van der Waals surface area contributed by atoms with Gasteiger partial charge in [0.05, 0.1) is 6.61 Å². The van der Waals surface area contributed by atoms with Gasteiger partial charge in [-0.3, -0.25) is 0 Å². The zero-order valence-corrected chi connectivity index (χ0v) is 11.8. The highest BCUT2D eigenvalue weighted by atomic mass is 16.5. The van der Waals surface area contributed by atoms with E-state index in [2.05, 4.69) is 35.5 Å². The van der Waals surface area contributed by atoms with Crippen molar-refractivity contribution in [3.63, 3.8) is 0 Å². The Balaban J connectivity index is 1.57. The lowest BCUT2D eigenvalue weighted by atomic mass is 9.99. The Bertz CT molecular complexity index is 433. The summed E-state index contributed by atoms with van der Waals surface area (Å²) in [6, 6.07) is 6.50. The Morgan fingerprint density at radius 3 is 3.21 bits per heavy atom. The van der Waals surface area contributed by atoms with Gasteiger partial charge >= 0.3 is 0 Å². The van der Waals surface area contributed by atoms with Crippen molar-refractivity contribution in [2.45, 2.75) is 25.7 Å². The van der Waals surface area contributed by atoms with Crippen LogP contribution in [0, 0.1) is 5.92 Å². The normalized spacial score (nSPS) is 23.5. The monoisotopic (exact) mass is 260 g/mol. The molecular formula is C16H24N2O. The van der Waals surface area contributed by atoms with Crippen molar-refractivity contribution < 1.29 is 4.74 Å². The quantitative estimate of drug-likeness (QED) is 0.904. The molecule has 3 rings (SSSR count). The lowest BCUT2D eigenvalue weighted by Crippen LogP contribution is -2.34. The van der Waals surface area contributed by atoms with Crippen LogP contribution in [0.4, 0.5) is 5.69 Å². The van der Waals surface area contributed by atoms with Gasteiger partial charge in [-0.25, -0.2) is 0 Å². The molecule has 0 spiro atoms. The Morgan fingerprint density at radius 1 is 1.37 bits per heavy atom. The number of piperidine rings is 1. The predicted molar refractivity (Wildman–Crippen MR) is 79.0 cm³/mol. The van der Waals surface area contributed by atoms with Gasteiger partial charge in [-0.05, 0) is 50.9 Å². The summed E-state index contributed by atoms with van der Waals surface area (Å²) in [5.74, 6) is 1.70. The van der Waals surface area contributed by atoms with Gasteiger partial charge in [0.25, 0.3) is 0 Å². The highest BCUT2D eigenvalue weighted by Crippen LogP contribution is 2.27. The number of benzene rings is 1. The Morgan fingerprint density at radius 2 is 2.32 bits per heavy atom. The molecule has 0 amide bonds. The van der Waals surface area contributed by atoms with Crippen LogP contribution in [0.15, 0.2) is 18.2 Å². The molecule has 2 aliphatic heterocycles. The van der Waals surface area contributed by atoms with E-state index in [0.717, 1.165) is 18.9 Å².